The molecule has 3 aromatic rings. The number of amides is 1. The summed E-state index contributed by atoms with van der Waals surface area (Å²) in [4.78, 5) is 16.3. The number of piperidine rings is 1. The molecule has 2 aliphatic heterocycles. The van der Waals surface area contributed by atoms with Gasteiger partial charge in [-0.25, -0.2) is 0 Å². The van der Waals surface area contributed by atoms with Crippen LogP contribution >= 0.6 is 11.3 Å². The average Bonchev–Trinajstić information content (AvgIpc) is 3.40. The minimum absolute atomic E-state index is 0.0634. The first-order valence-corrected chi connectivity index (χ1v) is 10.0. The van der Waals surface area contributed by atoms with Gasteiger partial charge in [0, 0.05) is 60.2 Å². The first kappa shape index (κ1) is 16.7. The third kappa shape index (κ3) is 2.62. The second-order valence-electron chi connectivity index (χ2n) is 7.56. The van der Waals surface area contributed by atoms with E-state index in [4.69, 9.17) is 0 Å². The van der Waals surface area contributed by atoms with Crippen LogP contribution in [0.15, 0.2) is 36.1 Å². The van der Waals surface area contributed by atoms with Crippen molar-refractivity contribution in [3.63, 3.8) is 0 Å². The number of aryl methyl sites for hydroxylation is 1. The number of aromatic nitrogens is 4. The Morgan fingerprint density at radius 1 is 1.37 bits per heavy atom. The molecule has 8 heteroatoms. The van der Waals surface area contributed by atoms with Gasteiger partial charge in [-0.2, -0.15) is 10.2 Å². The second-order valence-corrected chi connectivity index (χ2v) is 8.48. The maximum absolute atomic E-state index is 13.2. The number of nitrogens with zero attached hydrogens (tertiary/aromatic N) is 4. The molecule has 0 saturated carbocycles. The zero-order valence-electron chi connectivity index (χ0n) is 15.0. The Morgan fingerprint density at radius 2 is 2.15 bits per heavy atom. The van der Waals surface area contributed by atoms with E-state index in [9.17, 15) is 9.90 Å². The molecule has 2 saturated heterocycles. The van der Waals surface area contributed by atoms with Crippen LogP contribution in [-0.4, -0.2) is 48.0 Å². The maximum atomic E-state index is 13.2. The Morgan fingerprint density at radius 3 is 2.78 bits per heavy atom. The zero-order chi connectivity index (χ0) is 18.6. The monoisotopic (exact) mass is 383 g/mol. The quantitative estimate of drug-likeness (QED) is 0.728. The van der Waals surface area contributed by atoms with Crippen molar-refractivity contribution in [1.29, 1.82) is 0 Å². The molecular formula is C19H21N5O2S. The minimum atomic E-state index is -0.912. The number of H-pyrrole nitrogens is 1. The molecule has 2 unspecified atom stereocenters. The van der Waals surface area contributed by atoms with E-state index in [-0.39, 0.29) is 18.0 Å². The highest BCUT2D eigenvalue weighted by molar-refractivity contribution is 7.13. The van der Waals surface area contributed by atoms with Gasteiger partial charge in [-0.3, -0.25) is 14.6 Å². The van der Waals surface area contributed by atoms with Crippen LogP contribution in [0.2, 0.25) is 0 Å². The van der Waals surface area contributed by atoms with Crippen molar-refractivity contribution < 1.29 is 9.90 Å². The van der Waals surface area contributed by atoms with E-state index in [2.05, 4.69) is 15.3 Å². The molecule has 5 heterocycles. The largest absolute Gasteiger partial charge is 0.383 e. The summed E-state index contributed by atoms with van der Waals surface area (Å²) >= 11 is 1.55. The molecule has 2 atom stereocenters. The summed E-state index contributed by atoms with van der Waals surface area (Å²) in [6, 6.07) is 3.95. The van der Waals surface area contributed by atoms with Crippen LogP contribution in [0.4, 0.5) is 0 Å². The van der Waals surface area contributed by atoms with Crippen LogP contribution in [0.1, 0.15) is 41.7 Å². The number of nitrogens with one attached hydrogen (secondary N) is 1. The molecule has 140 valence electrons. The Kier molecular flexibility index (Phi) is 3.73. The fraction of sp³-hybridized carbons (Fsp3) is 0.421. The summed E-state index contributed by atoms with van der Waals surface area (Å²) in [5.41, 5.74) is 1.64. The molecule has 3 aromatic heterocycles. The van der Waals surface area contributed by atoms with Gasteiger partial charge in [0.25, 0.3) is 5.91 Å². The van der Waals surface area contributed by atoms with Gasteiger partial charge in [-0.05, 0) is 25.0 Å². The van der Waals surface area contributed by atoms with E-state index in [0.29, 0.717) is 12.8 Å². The molecule has 0 aromatic carbocycles. The van der Waals surface area contributed by atoms with E-state index in [1.165, 1.54) is 0 Å². The van der Waals surface area contributed by atoms with Crippen LogP contribution in [0.5, 0.6) is 0 Å². The van der Waals surface area contributed by atoms with Crippen LogP contribution in [0.3, 0.4) is 0 Å². The van der Waals surface area contributed by atoms with Gasteiger partial charge in [0.1, 0.15) is 5.60 Å². The van der Waals surface area contributed by atoms with Crippen molar-refractivity contribution in [3.8, 4) is 10.4 Å². The Hall–Kier alpha value is -2.45. The molecule has 2 aliphatic rings. The fourth-order valence-corrected chi connectivity index (χ4v) is 5.60. The highest BCUT2D eigenvalue weighted by Gasteiger charge is 2.51. The average molecular weight is 383 g/mol. The zero-order valence-corrected chi connectivity index (χ0v) is 15.8. The smallest absolute Gasteiger partial charge is 0.255 e. The molecule has 27 heavy (non-hydrogen) atoms. The van der Waals surface area contributed by atoms with Crippen LogP contribution < -0.4 is 0 Å². The number of thiophene rings is 1. The van der Waals surface area contributed by atoms with Gasteiger partial charge >= 0.3 is 0 Å². The predicted octanol–water partition coefficient (Wildman–Crippen LogP) is 2.53. The number of fused-ring (bicyclic) bond motifs is 2. The highest BCUT2D eigenvalue weighted by atomic mass is 32.1. The lowest BCUT2D eigenvalue weighted by molar-refractivity contribution is -0.0530. The third-order valence-electron chi connectivity index (χ3n) is 5.93. The van der Waals surface area contributed by atoms with E-state index in [1.807, 2.05) is 35.7 Å². The molecule has 5 rings (SSSR count). The summed E-state index contributed by atoms with van der Waals surface area (Å²) in [5.74, 6) is 0.0700. The predicted molar refractivity (Wildman–Crippen MR) is 101 cm³/mol. The molecule has 2 fully saturated rings. The van der Waals surface area contributed by atoms with Gasteiger partial charge in [0.05, 0.1) is 17.5 Å². The normalized spacial score (nSPS) is 27.3. The van der Waals surface area contributed by atoms with Gasteiger partial charge in [0.15, 0.2) is 0 Å². The van der Waals surface area contributed by atoms with E-state index >= 15 is 0 Å². The molecule has 2 N–H and O–H groups in total. The molecule has 7 nitrogen and oxygen atoms in total. The number of hydrogen-bond acceptors (Lipinski definition) is 5. The Labute approximate surface area is 160 Å². The van der Waals surface area contributed by atoms with Gasteiger partial charge in [-0.1, -0.05) is 0 Å². The number of rotatable bonds is 3. The van der Waals surface area contributed by atoms with Crippen LogP contribution in [0, 0.1) is 0 Å². The molecule has 0 radical (unpaired) electrons. The van der Waals surface area contributed by atoms with E-state index < -0.39 is 5.60 Å². The number of aromatic amines is 1. The number of carbonyl (C=O) groups excluding carboxylic acids is 1. The molecule has 2 bridgehead atoms. The third-order valence-corrected chi connectivity index (χ3v) is 6.91. The lowest BCUT2D eigenvalue weighted by atomic mass is 9.83. The Bertz CT molecular complexity index is 962. The number of aliphatic hydroxyl groups is 1. The number of carbonyl (C=O) groups is 1. The van der Waals surface area contributed by atoms with Gasteiger partial charge in [0.2, 0.25) is 0 Å². The summed E-state index contributed by atoms with van der Waals surface area (Å²) in [7, 11) is 1.86. The summed E-state index contributed by atoms with van der Waals surface area (Å²) in [6.45, 7) is 0. The first-order chi connectivity index (χ1) is 13.0. The standard InChI is InChI=1S/C19H21N5O2S/c1-23-17(4-5-22-23)19(26)7-14-2-3-15(8-19)24(14)18(25)12-6-16(27-11-12)13-9-20-21-10-13/h4-6,9-11,14-15,26H,2-3,7-8H2,1H3,(H,20,21). The van der Waals surface area contributed by atoms with Crippen LogP contribution in [0.25, 0.3) is 10.4 Å². The second kappa shape index (κ2) is 6.03. The maximum Gasteiger partial charge on any atom is 0.255 e. The Balaban J connectivity index is 1.40. The molecular weight excluding hydrogens is 362 g/mol. The van der Waals surface area contributed by atoms with Crippen LogP contribution in [-0.2, 0) is 12.6 Å². The molecule has 0 aliphatic carbocycles. The first-order valence-electron chi connectivity index (χ1n) is 9.16. The number of hydrogen-bond donors (Lipinski definition) is 2. The van der Waals surface area contributed by atoms with Gasteiger partial charge in [-0.15, -0.1) is 11.3 Å². The van der Waals surface area contributed by atoms with Crippen molar-refractivity contribution in [2.45, 2.75) is 43.4 Å². The van der Waals surface area contributed by atoms with Crippen molar-refractivity contribution in [2.24, 2.45) is 7.05 Å². The lowest BCUT2D eigenvalue weighted by Gasteiger charge is -2.43. The minimum Gasteiger partial charge on any atom is -0.383 e. The fourth-order valence-electron chi connectivity index (χ4n) is 4.73. The van der Waals surface area contributed by atoms with Gasteiger partial charge < -0.3 is 10.0 Å². The summed E-state index contributed by atoms with van der Waals surface area (Å²) < 4.78 is 1.74. The lowest BCUT2D eigenvalue weighted by Crippen LogP contribution is -2.52. The molecule has 0 spiro atoms. The summed E-state index contributed by atoms with van der Waals surface area (Å²) in [6.07, 6.45) is 8.32. The SMILES string of the molecule is Cn1nccc1C1(O)CC2CCC(C1)N2C(=O)c1csc(-c2cn[nH]c2)c1. The van der Waals surface area contributed by atoms with E-state index in [0.717, 1.165) is 34.5 Å². The topological polar surface area (TPSA) is 87.0 Å². The van der Waals surface area contributed by atoms with Crippen molar-refractivity contribution in [3.05, 3.63) is 47.4 Å². The molecule has 1 amide bonds. The summed E-state index contributed by atoms with van der Waals surface area (Å²) in [5, 5.41) is 24.2. The van der Waals surface area contributed by atoms with Crippen molar-refractivity contribution in [2.75, 3.05) is 0 Å². The van der Waals surface area contributed by atoms with Crippen molar-refractivity contribution in [1.82, 2.24) is 24.9 Å². The van der Waals surface area contributed by atoms with E-state index in [1.54, 1.807) is 28.4 Å². The van der Waals surface area contributed by atoms with Crippen molar-refractivity contribution >= 4 is 17.2 Å². The highest BCUT2D eigenvalue weighted by Crippen LogP contribution is 2.46.